The molecule has 0 aliphatic carbocycles. The summed E-state index contributed by atoms with van der Waals surface area (Å²) in [6.07, 6.45) is 1.54. The topological polar surface area (TPSA) is 67.7 Å². The highest BCUT2D eigenvalue weighted by Crippen LogP contribution is 2.18. The third-order valence-electron chi connectivity index (χ3n) is 4.29. The standard InChI is InChI=1S/C22H17FN2O3/c1-14-8-9-16(12-19(14)23)25-22-18(11-15-5-2-3-7-20(15)28-22)21(26)24-13-17-6-4-10-27-17/h2-12H,13H2,1H3,(H,24,26). The predicted octanol–water partition coefficient (Wildman–Crippen LogP) is 4.64. The SMILES string of the molecule is Cc1ccc(N=c2oc3ccccc3cc2C(=O)NCc2ccco2)cc1F. The number of carbonyl (C=O) groups excluding carboxylic acids is 1. The van der Waals surface area contributed by atoms with Crippen molar-refractivity contribution < 1.29 is 18.0 Å². The zero-order valence-electron chi connectivity index (χ0n) is 15.1. The first-order chi connectivity index (χ1) is 13.6. The molecule has 0 saturated carbocycles. The van der Waals surface area contributed by atoms with E-state index in [0.29, 0.717) is 22.6 Å². The first-order valence-electron chi connectivity index (χ1n) is 8.74. The molecule has 0 aliphatic heterocycles. The van der Waals surface area contributed by atoms with E-state index in [-0.39, 0.29) is 29.4 Å². The van der Waals surface area contributed by atoms with Gasteiger partial charge in [-0.2, -0.15) is 0 Å². The predicted molar refractivity (Wildman–Crippen MR) is 102 cm³/mol. The van der Waals surface area contributed by atoms with E-state index in [1.807, 2.05) is 18.2 Å². The number of aryl methyl sites for hydroxylation is 1. The lowest BCUT2D eigenvalue weighted by molar-refractivity contribution is 0.0944. The molecule has 5 nitrogen and oxygen atoms in total. The summed E-state index contributed by atoms with van der Waals surface area (Å²) in [6, 6.07) is 17.2. The van der Waals surface area contributed by atoms with Crippen molar-refractivity contribution in [3.63, 3.8) is 0 Å². The second-order valence-electron chi connectivity index (χ2n) is 6.31. The van der Waals surface area contributed by atoms with Crippen LogP contribution in [0.5, 0.6) is 0 Å². The van der Waals surface area contributed by atoms with E-state index in [4.69, 9.17) is 8.83 Å². The Labute approximate surface area is 160 Å². The van der Waals surface area contributed by atoms with Crippen LogP contribution in [0, 0.1) is 12.7 Å². The number of hydrogen-bond donors (Lipinski definition) is 1. The van der Waals surface area contributed by atoms with E-state index in [2.05, 4.69) is 10.3 Å². The molecule has 6 heteroatoms. The van der Waals surface area contributed by atoms with E-state index in [1.54, 1.807) is 49.6 Å². The van der Waals surface area contributed by atoms with Crippen LogP contribution in [0.3, 0.4) is 0 Å². The number of fused-ring (bicyclic) bond motifs is 1. The van der Waals surface area contributed by atoms with Gasteiger partial charge in [0.15, 0.2) is 0 Å². The van der Waals surface area contributed by atoms with Gasteiger partial charge in [0, 0.05) is 5.39 Å². The van der Waals surface area contributed by atoms with Crippen molar-refractivity contribution in [2.24, 2.45) is 4.99 Å². The Hall–Kier alpha value is -3.67. The molecular formula is C22H17FN2O3. The number of benzene rings is 2. The van der Waals surface area contributed by atoms with Crippen molar-refractivity contribution in [3.8, 4) is 0 Å². The van der Waals surface area contributed by atoms with Gasteiger partial charge in [-0.1, -0.05) is 24.3 Å². The number of amides is 1. The third-order valence-corrected chi connectivity index (χ3v) is 4.29. The first-order valence-corrected chi connectivity index (χ1v) is 8.74. The van der Waals surface area contributed by atoms with E-state index in [1.165, 1.54) is 6.07 Å². The smallest absolute Gasteiger partial charge is 0.257 e. The van der Waals surface area contributed by atoms with Gasteiger partial charge in [-0.3, -0.25) is 4.79 Å². The number of furan rings is 1. The lowest BCUT2D eigenvalue weighted by atomic mass is 10.1. The van der Waals surface area contributed by atoms with Crippen molar-refractivity contribution in [1.82, 2.24) is 5.32 Å². The van der Waals surface area contributed by atoms with E-state index in [0.717, 1.165) is 5.39 Å². The average Bonchev–Trinajstić information content (AvgIpc) is 3.22. The normalized spacial score (nSPS) is 11.7. The number of rotatable bonds is 4. The minimum atomic E-state index is -0.370. The number of nitrogens with one attached hydrogen (secondary N) is 1. The summed E-state index contributed by atoms with van der Waals surface area (Å²) in [5.41, 5.74) is 1.83. The Balaban J connectivity index is 1.78. The summed E-state index contributed by atoms with van der Waals surface area (Å²) in [5, 5.41) is 3.55. The molecule has 1 N–H and O–H groups in total. The van der Waals surface area contributed by atoms with Crippen molar-refractivity contribution in [3.05, 3.63) is 95.2 Å². The number of para-hydroxylation sites is 1. The van der Waals surface area contributed by atoms with Crippen molar-refractivity contribution in [2.45, 2.75) is 13.5 Å². The van der Waals surface area contributed by atoms with E-state index >= 15 is 0 Å². The highest BCUT2D eigenvalue weighted by atomic mass is 19.1. The molecule has 0 fully saturated rings. The fourth-order valence-corrected chi connectivity index (χ4v) is 2.76. The van der Waals surface area contributed by atoms with Crippen LogP contribution in [-0.4, -0.2) is 5.91 Å². The molecule has 0 atom stereocenters. The molecule has 0 unspecified atom stereocenters. The minimum Gasteiger partial charge on any atom is -0.467 e. The summed E-state index contributed by atoms with van der Waals surface area (Å²) in [7, 11) is 0. The molecule has 140 valence electrons. The molecule has 0 saturated heterocycles. The summed E-state index contributed by atoms with van der Waals surface area (Å²) >= 11 is 0. The fraction of sp³-hybridized carbons (Fsp3) is 0.0909. The maximum atomic E-state index is 13.9. The maximum Gasteiger partial charge on any atom is 0.257 e. The number of halogens is 1. The largest absolute Gasteiger partial charge is 0.467 e. The fourth-order valence-electron chi connectivity index (χ4n) is 2.76. The van der Waals surface area contributed by atoms with Crippen molar-refractivity contribution in [1.29, 1.82) is 0 Å². The van der Waals surface area contributed by atoms with E-state index < -0.39 is 0 Å². The van der Waals surface area contributed by atoms with Crippen LogP contribution in [0.15, 0.2) is 80.8 Å². The van der Waals surface area contributed by atoms with Gasteiger partial charge in [-0.05, 0) is 48.9 Å². The average molecular weight is 376 g/mol. The van der Waals surface area contributed by atoms with Gasteiger partial charge in [0.1, 0.15) is 22.7 Å². The molecule has 0 spiro atoms. The Bertz CT molecular complexity index is 1210. The molecular weight excluding hydrogens is 359 g/mol. The Kier molecular flexibility index (Phi) is 4.76. The summed E-state index contributed by atoms with van der Waals surface area (Å²) < 4.78 is 25.0. The quantitative estimate of drug-likeness (QED) is 0.564. The molecule has 0 bridgehead atoms. The Morgan fingerprint density at radius 1 is 1.11 bits per heavy atom. The maximum absolute atomic E-state index is 13.9. The number of nitrogens with zero attached hydrogens (tertiary/aromatic N) is 1. The van der Waals surface area contributed by atoms with Crippen LogP contribution in [0.4, 0.5) is 10.1 Å². The van der Waals surface area contributed by atoms with E-state index in [9.17, 15) is 9.18 Å². The molecule has 2 heterocycles. The highest BCUT2D eigenvalue weighted by Gasteiger charge is 2.13. The summed E-state index contributed by atoms with van der Waals surface area (Å²) in [6.45, 7) is 1.91. The summed E-state index contributed by atoms with van der Waals surface area (Å²) in [4.78, 5) is 17.1. The zero-order chi connectivity index (χ0) is 19.5. The van der Waals surface area contributed by atoms with Crippen molar-refractivity contribution in [2.75, 3.05) is 0 Å². The molecule has 28 heavy (non-hydrogen) atoms. The molecule has 0 radical (unpaired) electrons. The van der Waals surface area contributed by atoms with Crippen LogP contribution in [0.2, 0.25) is 0 Å². The number of carbonyl (C=O) groups is 1. The van der Waals surface area contributed by atoms with Gasteiger partial charge in [-0.15, -0.1) is 0 Å². The lowest BCUT2D eigenvalue weighted by Gasteiger charge is -2.06. The molecule has 4 rings (SSSR count). The lowest BCUT2D eigenvalue weighted by Crippen LogP contribution is -2.28. The van der Waals surface area contributed by atoms with Gasteiger partial charge in [0.25, 0.3) is 5.91 Å². The van der Waals surface area contributed by atoms with Gasteiger partial charge in [0.05, 0.1) is 18.5 Å². The van der Waals surface area contributed by atoms with Crippen LogP contribution in [-0.2, 0) is 6.54 Å². The monoisotopic (exact) mass is 376 g/mol. The van der Waals surface area contributed by atoms with Crippen LogP contribution < -0.4 is 10.9 Å². The van der Waals surface area contributed by atoms with Gasteiger partial charge in [-0.25, -0.2) is 9.38 Å². The van der Waals surface area contributed by atoms with Crippen LogP contribution in [0.1, 0.15) is 21.7 Å². The Morgan fingerprint density at radius 3 is 2.75 bits per heavy atom. The van der Waals surface area contributed by atoms with Crippen LogP contribution in [0.25, 0.3) is 11.0 Å². The highest BCUT2D eigenvalue weighted by molar-refractivity contribution is 5.96. The molecule has 4 aromatic rings. The summed E-state index contributed by atoms with van der Waals surface area (Å²) in [5.74, 6) is -0.103. The van der Waals surface area contributed by atoms with Gasteiger partial charge in [0.2, 0.25) is 5.55 Å². The molecule has 0 aliphatic rings. The third kappa shape index (κ3) is 3.71. The van der Waals surface area contributed by atoms with Gasteiger partial charge < -0.3 is 14.2 Å². The number of hydrogen-bond acceptors (Lipinski definition) is 4. The first kappa shape index (κ1) is 17.7. The van der Waals surface area contributed by atoms with Crippen LogP contribution >= 0.6 is 0 Å². The molecule has 1 amide bonds. The second-order valence-corrected chi connectivity index (χ2v) is 6.31. The Morgan fingerprint density at radius 2 is 1.96 bits per heavy atom. The molecule has 2 aromatic carbocycles. The van der Waals surface area contributed by atoms with Crippen molar-refractivity contribution >= 4 is 22.6 Å². The molecule has 2 aromatic heterocycles. The van der Waals surface area contributed by atoms with Gasteiger partial charge >= 0.3 is 0 Å². The minimum absolute atomic E-state index is 0.110. The zero-order valence-corrected chi connectivity index (χ0v) is 15.1. The second kappa shape index (κ2) is 7.52.